The monoisotopic (exact) mass is 222 g/mol. The van der Waals surface area contributed by atoms with Gasteiger partial charge in [-0.2, -0.15) is 0 Å². The van der Waals surface area contributed by atoms with Crippen molar-refractivity contribution in [3.05, 3.63) is 42.2 Å². The molecule has 2 heterocycles. The van der Waals surface area contributed by atoms with Gasteiger partial charge in [0.15, 0.2) is 0 Å². The van der Waals surface area contributed by atoms with Crippen LogP contribution >= 0.6 is 11.6 Å². The number of hydrogen-bond acceptors (Lipinski definition) is 3. The van der Waals surface area contributed by atoms with Crippen molar-refractivity contribution in [2.45, 2.75) is 18.8 Å². The Hall–Kier alpha value is -1.42. The molecule has 0 saturated heterocycles. The number of hydrogen-bond donors (Lipinski definition) is 0. The van der Waals surface area contributed by atoms with E-state index in [1.807, 2.05) is 22.9 Å². The molecule has 15 heavy (non-hydrogen) atoms. The molecule has 0 N–H and O–H groups in total. The Balaban J connectivity index is 2.32. The molecule has 4 nitrogen and oxygen atoms in total. The first-order chi connectivity index (χ1) is 7.33. The highest BCUT2D eigenvalue weighted by Crippen LogP contribution is 2.17. The third-order valence-electron chi connectivity index (χ3n) is 2.35. The van der Waals surface area contributed by atoms with E-state index in [4.69, 9.17) is 11.6 Å². The minimum atomic E-state index is 0.155. The van der Waals surface area contributed by atoms with Gasteiger partial charge in [0.25, 0.3) is 0 Å². The third-order valence-corrected chi connectivity index (χ3v) is 2.59. The summed E-state index contributed by atoms with van der Waals surface area (Å²) in [4.78, 5) is 4.08. The zero-order valence-electron chi connectivity index (χ0n) is 8.34. The summed E-state index contributed by atoms with van der Waals surface area (Å²) in [5, 5.41) is 7.79. The number of halogens is 1. The molecule has 0 aliphatic carbocycles. The molecule has 0 spiro atoms. The first-order valence-electron chi connectivity index (χ1n) is 4.67. The van der Waals surface area contributed by atoms with E-state index in [9.17, 15) is 0 Å². The molecule has 0 aromatic carbocycles. The molecule has 78 valence electrons. The van der Waals surface area contributed by atoms with Crippen LogP contribution in [-0.2, 0) is 5.88 Å². The fourth-order valence-electron chi connectivity index (χ4n) is 1.47. The SMILES string of the molecule is CC(c1cccnc1)n1cnnc1CCl. The Bertz CT molecular complexity index is 426. The van der Waals surface area contributed by atoms with Gasteiger partial charge < -0.3 is 4.57 Å². The molecule has 0 amide bonds. The summed E-state index contributed by atoms with van der Waals surface area (Å²) in [5.41, 5.74) is 1.11. The number of nitrogens with zero attached hydrogens (tertiary/aromatic N) is 4. The minimum absolute atomic E-state index is 0.155. The van der Waals surface area contributed by atoms with Crippen molar-refractivity contribution < 1.29 is 0 Å². The molecule has 0 aliphatic rings. The number of alkyl halides is 1. The van der Waals surface area contributed by atoms with Crippen LogP contribution < -0.4 is 0 Å². The van der Waals surface area contributed by atoms with E-state index < -0.39 is 0 Å². The van der Waals surface area contributed by atoms with Crippen LogP contribution in [0.3, 0.4) is 0 Å². The van der Waals surface area contributed by atoms with Crippen LogP contribution in [0.5, 0.6) is 0 Å². The van der Waals surface area contributed by atoms with Gasteiger partial charge in [-0.05, 0) is 18.6 Å². The quantitative estimate of drug-likeness (QED) is 0.747. The van der Waals surface area contributed by atoms with Crippen LogP contribution in [0.4, 0.5) is 0 Å². The fourth-order valence-corrected chi connectivity index (χ4v) is 1.66. The summed E-state index contributed by atoms with van der Waals surface area (Å²) in [6, 6.07) is 4.09. The molecular formula is C10H11ClN4. The lowest BCUT2D eigenvalue weighted by Crippen LogP contribution is -2.09. The average Bonchev–Trinajstić information content (AvgIpc) is 2.77. The second-order valence-electron chi connectivity index (χ2n) is 3.25. The van der Waals surface area contributed by atoms with Gasteiger partial charge in [0.2, 0.25) is 0 Å². The van der Waals surface area contributed by atoms with Crippen LogP contribution in [0, 0.1) is 0 Å². The zero-order chi connectivity index (χ0) is 10.7. The van der Waals surface area contributed by atoms with Gasteiger partial charge in [0.05, 0.1) is 11.9 Å². The van der Waals surface area contributed by atoms with E-state index in [2.05, 4.69) is 22.1 Å². The normalized spacial score (nSPS) is 12.7. The topological polar surface area (TPSA) is 43.6 Å². The average molecular weight is 223 g/mol. The van der Waals surface area contributed by atoms with Crippen LogP contribution in [0.15, 0.2) is 30.9 Å². The van der Waals surface area contributed by atoms with Crippen LogP contribution in [0.25, 0.3) is 0 Å². The lowest BCUT2D eigenvalue weighted by molar-refractivity contribution is 0.612. The molecule has 5 heteroatoms. The summed E-state index contributed by atoms with van der Waals surface area (Å²) >= 11 is 5.77. The Morgan fingerprint density at radius 2 is 2.40 bits per heavy atom. The van der Waals surface area contributed by atoms with Crippen molar-refractivity contribution in [3.63, 3.8) is 0 Å². The van der Waals surface area contributed by atoms with Gasteiger partial charge >= 0.3 is 0 Å². The van der Waals surface area contributed by atoms with Crippen LogP contribution in [0.2, 0.25) is 0 Å². The van der Waals surface area contributed by atoms with Crippen molar-refractivity contribution in [2.75, 3.05) is 0 Å². The second kappa shape index (κ2) is 4.40. The highest BCUT2D eigenvalue weighted by molar-refractivity contribution is 6.16. The van der Waals surface area contributed by atoms with Crippen LogP contribution in [0.1, 0.15) is 24.4 Å². The Labute approximate surface area is 92.9 Å². The van der Waals surface area contributed by atoms with E-state index in [1.165, 1.54) is 0 Å². The Morgan fingerprint density at radius 1 is 1.53 bits per heavy atom. The molecule has 0 aliphatic heterocycles. The molecule has 1 unspecified atom stereocenters. The molecular weight excluding hydrogens is 212 g/mol. The number of pyridine rings is 1. The maximum Gasteiger partial charge on any atom is 0.148 e. The van der Waals surface area contributed by atoms with Crippen molar-refractivity contribution >= 4 is 11.6 Å². The predicted octanol–water partition coefficient (Wildman–Crippen LogP) is 2.02. The molecule has 2 rings (SSSR count). The third kappa shape index (κ3) is 1.99. The van der Waals surface area contributed by atoms with Crippen molar-refractivity contribution in [3.8, 4) is 0 Å². The molecule has 1 atom stereocenters. The maximum absolute atomic E-state index is 5.77. The molecule has 0 radical (unpaired) electrons. The van der Waals surface area contributed by atoms with E-state index in [-0.39, 0.29) is 6.04 Å². The second-order valence-corrected chi connectivity index (χ2v) is 3.52. The first-order valence-corrected chi connectivity index (χ1v) is 5.20. The highest BCUT2D eigenvalue weighted by atomic mass is 35.5. The smallest absolute Gasteiger partial charge is 0.148 e. The molecule has 0 saturated carbocycles. The lowest BCUT2D eigenvalue weighted by atomic mass is 10.1. The molecule has 0 fully saturated rings. The molecule has 2 aromatic heterocycles. The van der Waals surface area contributed by atoms with E-state index in [0.29, 0.717) is 5.88 Å². The van der Waals surface area contributed by atoms with Gasteiger partial charge in [-0.25, -0.2) is 0 Å². The Morgan fingerprint density at radius 3 is 3.07 bits per heavy atom. The van der Waals surface area contributed by atoms with Crippen molar-refractivity contribution in [1.29, 1.82) is 0 Å². The zero-order valence-corrected chi connectivity index (χ0v) is 9.09. The summed E-state index contributed by atoms with van der Waals surface area (Å²) in [5.74, 6) is 1.14. The van der Waals surface area contributed by atoms with E-state index in [0.717, 1.165) is 11.4 Å². The lowest BCUT2D eigenvalue weighted by Gasteiger charge is -2.14. The predicted molar refractivity (Wildman–Crippen MR) is 57.6 cm³/mol. The number of rotatable bonds is 3. The summed E-state index contributed by atoms with van der Waals surface area (Å²) < 4.78 is 1.95. The summed E-state index contributed by atoms with van der Waals surface area (Å²) in [6.45, 7) is 2.07. The van der Waals surface area contributed by atoms with Gasteiger partial charge in [-0.15, -0.1) is 21.8 Å². The summed E-state index contributed by atoms with van der Waals surface area (Å²) in [6.07, 6.45) is 5.28. The van der Waals surface area contributed by atoms with Gasteiger partial charge in [0, 0.05) is 12.4 Å². The van der Waals surface area contributed by atoms with E-state index in [1.54, 1.807) is 12.5 Å². The van der Waals surface area contributed by atoms with Crippen molar-refractivity contribution in [2.24, 2.45) is 0 Å². The van der Waals surface area contributed by atoms with Crippen molar-refractivity contribution in [1.82, 2.24) is 19.7 Å². The highest BCUT2D eigenvalue weighted by Gasteiger charge is 2.11. The van der Waals surface area contributed by atoms with Crippen LogP contribution in [-0.4, -0.2) is 19.7 Å². The van der Waals surface area contributed by atoms with E-state index >= 15 is 0 Å². The fraction of sp³-hybridized carbons (Fsp3) is 0.300. The largest absolute Gasteiger partial charge is 0.309 e. The molecule has 0 bridgehead atoms. The number of aromatic nitrogens is 4. The Kier molecular flexibility index (Phi) is 2.97. The molecule has 2 aromatic rings. The first kappa shape index (κ1) is 10.1. The standard InChI is InChI=1S/C10H11ClN4/c1-8(9-3-2-4-12-6-9)15-7-13-14-10(15)5-11/h2-4,6-8H,5H2,1H3. The summed E-state index contributed by atoms with van der Waals surface area (Å²) in [7, 11) is 0. The van der Waals surface area contributed by atoms with Gasteiger partial charge in [-0.1, -0.05) is 6.07 Å². The van der Waals surface area contributed by atoms with Gasteiger partial charge in [0.1, 0.15) is 12.2 Å². The maximum atomic E-state index is 5.77. The minimum Gasteiger partial charge on any atom is -0.309 e. The van der Waals surface area contributed by atoms with Gasteiger partial charge in [-0.3, -0.25) is 4.98 Å².